The first-order chi connectivity index (χ1) is 10.3. The Balaban J connectivity index is 1.52. The number of carbonyl (C=O) groups excluding carboxylic acids is 1. The van der Waals surface area contributed by atoms with Crippen LogP contribution in [0.2, 0.25) is 0 Å². The molecular formula is C18H28N2O. The fourth-order valence-corrected chi connectivity index (χ4v) is 2.96. The molecule has 0 saturated carbocycles. The van der Waals surface area contributed by atoms with E-state index in [0.29, 0.717) is 18.2 Å². The van der Waals surface area contributed by atoms with Crippen LogP contribution in [0.4, 0.5) is 0 Å². The highest BCUT2D eigenvalue weighted by atomic mass is 16.2. The summed E-state index contributed by atoms with van der Waals surface area (Å²) in [5.41, 5.74) is 1.39. The third-order valence-electron chi connectivity index (χ3n) is 4.19. The quantitative estimate of drug-likeness (QED) is 0.783. The molecule has 1 fully saturated rings. The summed E-state index contributed by atoms with van der Waals surface area (Å²) in [5.74, 6) is 0.985. The Kier molecular flexibility index (Phi) is 6.74. The van der Waals surface area contributed by atoms with Gasteiger partial charge < -0.3 is 10.2 Å². The minimum atomic E-state index is 0.317. The smallest absolute Gasteiger partial charge is 0.223 e. The van der Waals surface area contributed by atoms with Crippen molar-refractivity contribution in [1.82, 2.24) is 10.2 Å². The third-order valence-corrected chi connectivity index (χ3v) is 4.19. The summed E-state index contributed by atoms with van der Waals surface area (Å²) in [4.78, 5) is 14.1. The number of amides is 1. The average Bonchev–Trinajstić information content (AvgIpc) is 2.51. The average molecular weight is 288 g/mol. The van der Waals surface area contributed by atoms with Crippen LogP contribution in [-0.2, 0) is 11.2 Å². The van der Waals surface area contributed by atoms with Crippen molar-refractivity contribution in [2.75, 3.05) is 26.2 Å². The zero-order valence-corrected chi connectivity index (χ0v) is 13.2. The van der Waals surface area contributed by atoms with Crippen molar-refractivity contribution in [1.29, 1.82) is 0 Å². The van der Waals surface area contributed by atoms with Gasteiger partial charge in [0.05, 0.1) is 0 Å². The second kappa shape index (κ2) is 8.83. The van der Waals surface area contributed by atoms with Crippen molar-refractivity contribution in [3.8, 4) is 0 Å². The van der Waals surface area contributed by atoms with Crippen LogP contribution >= 0.6 is 0 Å². The van der Waals surface area contributed by atoms with Crippen LogP contribution in [0.15, 0.2) is 30.3 Å². The van der Waals surface area contributed by atoms with Gasteiger partial charge in [-0.2, -0.15) is 0 Å². The lowest BCUT2D eigenvalue weighted by Crippen LogP contribution is -2.40. The predicted octanol–water partition coefficient (Wildman–Crippen LogP) is 2.86. The van der Waals surface area contributed by atoms with E-state index in [-0.39, 0.29) is 0 Å². The van der Waals surface area contributed by atoms with E-state index >= 15 is 0 Å². The highest BCUT2D eigenvalue weighted by Crippen LogP contribution is 2.15. The van der Waals surface area contributed by atoms with E-state index < -0.39 is 0 Å². The molecule has 0 spiro atoms. The number of rotatable bonds is 7. The summed E-state index contributed by atoms with van der Waals surface area (Å²) in [6, 6.07) is 10.6. The number of nitrogens with zero attached hydrogens (tertiary/aromatic N) is 1. The highest BCUT2D eigenvalue weighted by Gasteiger charge is 2.20. The van der Waals surface area contributed by atoms with Gasteiger partial charge in [0, 0.05) is 26.1 Å². The first-order valence-electron chi connectivity index (χ1n) is 8.28. The van der Waals surface area contributed by atoms with Crippen LogP contribution in [0.1, 0.15) is 38.2 Å². The van der Waals surface area contributed by atoms with Gasteiger partial charge in [-0.15, -0.1) is 0 Å². The Bertz CT molecular complexity index is 418. The maximum atomic E-state index is 12.1. The van der Waals surface area contributed by atoms with Crippen LogP contribution in [0.25, 0.3) is 0 Å². The Morgan fingerprint density at radius 1 is 1.29 bits per heavy atom. The maximum absolute atomic E-state index is 12.1. The third kappa shape index (κ3) is 5.88. The largest absolute Gasteiger partial charge is 0.342 e. The van der Waals surface area contributed by atoms with Gasteiger partial charge in [-0.3, -0.25) is 4.79 Å². The molecule has 1 amide bonds. The Morgan fingerprint density at radius 2 is 2.10 bits per heavy atom. The number of carbonyl (C=O) groups is 1. The van der Waals surface area contributed by atoms with Gasteiger partial charge in [0.15, 0.2) is 0 Å². The molecule has 0 aromatic heterocycles. The number of piperidine rings is 1. The molecule has 3 heteroatoms. The number of aryl methyl sites for hydroxylation is 1. The van der Waals surface area contributed by atoms with E-state index in [1.807, 2.05) is 4.90 Å². The summed E-state index contributed by atoms with van der Waals surface area (Å²) < 4.78 is 0. The first-order valence-corrected chi connectivity index (χ1v) is 8.28. The molecule has 1 N–H and O–H groups in total. The van der Waals surface area contributed by atoms with E-state index in [0.717, 1.165) is 45.4 Å². The Morgan fingerprint density at radius 3 is 2.86 bits per heavy atom. The van der Waals surface area contributed by atoms with Gasteiger partial charge in [0.2, 0.25) is 5.91 Å². The number of hydrogen-bond acceptors (Lipinski definition) is 2. The van der Waals surface area contributed by atoms with Gasteiger partial charge >= 0.3 is 0 Å². The molecule has 0 bridgehead atoms. The molecule has 21 heavy (non-hydrogen) atoms. The van der Waals surface area contributed by atoms with Crippen molar-refractivity contribution in [3.05, 3.63) is 35.9 Å². The molecule has 1 atom stereocenters. The summed E-state index contributed by atoms with van der Waals surface area (Å²) in [6.07, 6.45) is 5.29. The van der Waals surface area contributed by atoms with Crippen molar-refractivity contribution in [2.45, 2.75) is 39.0 Å². The molecule has 2 rings (SSSR count). The second-order valence-corrected chi connectivity index (χ2v) is 6.18. The van der Waals surface area contributed by atoms with Crippen LogP contribution in [0.5, 0.6) is 0 Å². The molecule has 116 valence electrons. The SMILES string of the molecule is CC1CCCN(C(=O)CCNCCCc2ccccc2)C1. The van der Waals surface area contributed by atoms with E-state index in [9.17, 15) is 4.79 Å². The molecule has 1 aliphatic heterocycles. The van der Waals surface area contributed by atoms with E-state index in [1.165, 1.54) is 12.0 Å². The lowest BCUT2D eigenvalue weighted by atomic mass is 10.00. The van der Waals surface area contributed by atoms with Gasteiger partial charge in [-0.1, -0.05) is 37.3 Å². The lowest BCUT2D eigenvalue weighted by Gasteiger charge is -2.31. The molecule has 1 saturated heterocycles. The van der Waals surface area contributed by atoms with Gasteiger partial charge in [0.25, 0.3) is 0 Å². The Labute approximate surface area is 128 Å². The van der Waals surface area contributed by atoms with Crippen LogP contribution in [0, 0.1) is 5.92 Å². The second-order valence-electron chi connectivity index (χ2n) is 6.18. The minimum absolute atomic E-state index is 0.317. The predicted molar refractivity (Wildman–Crippen MR) is 87.2 cm³/mol. The molecule has 0 aliphatic carbocycles. The van der Waals surface area contributed by atoms with Crippen LogP contribution in [-0.4, -0.2) is 37.0 Å². The monoisotopic (exact) mass is 288 g/mol. The minimum Gasteiger partial charge on any atom is -0.342 e. The molecule has 1 aliphatic rings. The highest BCUT2D eigenvalue weighted by molar-refractivity contribution is 5.76. The van der Waals surface area contributed by atoms with Crippen molar-refractivity contribution in [2.24, 2.45) is 5.92 Å². The molecule has 1 heterocycles. The fourth-order valence-electron chi connectivity index (χ4n) is 2.96. The summed E-state index contributed by atoms with van der Waals surface area (Å²) in [6.45, 7) is 5.93. The van der Waals surface area contributed by atoms with Crippen LogP contribution < -0.4 is 5.32 Å². The maximum Gasteiger partial charge on any atom is 0.223 e. The normalized spacial score (nSPS) is 18.7. The number of nitrogens with one attached hydrogen (secondary N) is 1. The lowest BCUT2D eigenvalue weighted by molar-refractivity contribution is -0.132. The summed E-state index contributed by atoms with van der Waals surface area (Å²) in [7, 11) is 0. The molecule has 3 nitrogen and oxygen atoms in total. The van der Waals surface area contributed by atoms with Crippen molar-refractivity contribution >= 4 is 5.91 Å². The molecule has 0 radical (unpaired) electrons. The standard InChI is InChI=1S/C18H28N2O/c1-16-7-6-14-20(15-16)18(21)11-13-19-12-5-10-17-8-3-2-4-9-17/h2-4,8-9,16,19H,5-7,10-15H2,1H3. The number of hydrogen-bond donors (Lipinski definition) is 1. The van der Waals surface area contributed by atoms with E-state index in [2.05, 4.69) is 42.6 Å². The van der Waals surface area contributed by atoms with E-state index in [4.69, 9.17) is 0 Å². The topological polar surface area (TPSA) is 32.3 Å². The van der Waals surface area contributed by atoms with Gasteiger partial charge in [-0.25, -0.2) is 0 Å². The molecular weight excluding hydrogens is 260 g/mol. The zero-order valence-electron chi connectivity index (χ0n) is 13.2. The first kappa shape index (κ1) is 16.0. The van der Waals surface area contributed by atoms with Gasteiger partial charge in [0.1, 0.15) is 0 Å². The van der Waals surface area contributed by atoms with Crippen molar-refractivity contribution in [3.63, 3.8) is 0 Å². The fraction of sp³-hybridized carbons (Fsp3) is 0.611. The summed E-state index contributed by atoms with van der Waals surface area (Å²) in [5, 5.41) is 3.39. The Hall–Kier alpha value is -1.35. The van der Waals surface area contributed by atoms with Crippen LogP contribution in [0.3, 0.4) is 0 Å². The zero-order chi connectivity index (χ0) is 14.9. The van der Waals surface area contributed by atoms with Crippen molar-refractivity contribution < 1.29 is 4.79 Å². The summed E-state index contributed by atoms with van der Waals surface area (Å²) >= 11 is 0. The van der Waals surface area contributed by atoms with Gasteiger partial charge in [-0.05, 0) is 43.7 Å². The van der Waals surface area contributed by atoms with E-state index in [1.54, 1.807) is 0 Å². The molecule has 1 unspecified atom stereocenters. The molecule has 1 aromatic rings. The number of likely N-dealkylation sites (tertiary alicyclic amines) is 1. The number of benzene rings is 1. The molecule has 1 aromatic carbocycles.